The fourth-order valence-corrected chi connectivity index (χ4v) is 2.08. The lowest BCUT2D eigenvalue weighted by Crippen LogP contribution is -2.41. The van der Waals surface area contributed by atoms with Crippen molar-refractivity contribution >= 4 is 0 Å². The molecular weight excluding hydrogens is 184 g/mol. The maximum atomic E-state index is 5.27. The van der Waals surface area contributed by atoms with Gasteiger partial charge in [0.1, 0.15) is 0 Å². The van der Waals surface area contributed by atoms with Crippen LogP contribution in [0.1, 0.15) is 33.1 Å². The van der Waals surface area contributed by atoms with Crippen molar-refractivity contribution in [1.82, 2.24) is 10.2 Å². The largest absolute Gasteiger partial charge is 0.312 e. The van der Waals surface area contributed by atoms with Crippen LogP contribution in [0.3, 0.4) is 0 Å². The Bertz CT molecular complexity index is 205. The number of nitrogens with zero attached hydrogens (tertiary/aromatic N) is 1. The van der Waals surface area contributed by atoms with E-state index in [0.29, 0.717) is 6.04 Å². The summed E-state index contributed by atoms with van der Waals surface area (Å²) in [6.07, 6.45) is 8.59. The fraction of sp³-hybridized carbons (Fsp3) is 0.846. The van der Waals surface area contributed by atoms with Gasteiger partial charge in [-0.25, -0.2) is 0 Å². The van der Waals surface area contributed by atoms with Crippen LogP contribution >= 0.6 is 0 Å². The number of unbranched alkanes of at least 4 members (excludes halogenated alkanes) is 1. The number of rotatable bonds is 4. The fourth-order valence-electron chi connectivity index (χ4n) is 2.08. The molecule has 0 amide bonds. The smallest absolute Gasteiger partial charge is 0.0217 e. The minimum Gasteiger partial charge on any atom is -0.312 e. The Kier molecular flexibility index (Phi) is 5.75. The van der Waals surface area contributed by atoms with E-state index in [-0.39, 0.29) is 0 Å². The van der Waals surface area contributed by atoms with Crippen molar-refractivity contribution in [1.29, 1.82) is 0 Å². The normalized spacial score (nSPS) is 23.7. The summed E-state index contributed by atoms with van der Waals surface area (Å²) in [7, 11) is 0. The minimum absolute atomic E-state index is 0.651. The number of hydrogen-bond acceptors (Lipinski definition) is 2. The van der Waals surface area contributed by atoms with Crippen LogP contribution in [0.15, 0.2) is 0 Å². The van der Waals surface area contributed by atoms with E-state index < -0.39 is 0 Å². The minimum atomic E-state index is 0.651. The zero-order valence-electron chi connectivity index (χ0n) is 10.1. The zero-order chi connectivity index (χ0) is 11.1. The molecule has 2 heteroatoms. The molecule has 2 nitrogen and oxygen atoms in total. The number of hydrogen-bond donors (Lipinski definition) is 1. The molecule has 1 rings (SSSR count). The quantitative estimate of drug-likeness (QED) is 0.559. The second kappa shape index (κ2) is 6.87. The summed E-state index contributed by atoms with van der Waals surface area (Å²) < 4.78 is 0. The Hall–Kier alpha value is -0.520. The molecule has 0 radical (unpaired) electrons. The van der Waals surface area contributed by atoms with Crippen molar-refractivity contribution in [2.75, 3.05) is 26.2 Å². The zero-order valence-corrected chi connectivity index (χ0v) is 10.1. The molecule has 0 bridgehead atoms. The molecule has 1 aliphatic rings. The van der Waals surface area contributed by atoms with Crippen LogP contribution in [0, 0.1) is 18.3 Å². The topological polar surface area (TPSA) is 15.3 Å². The average Bonchev–Trinajstić information content (AvgIpc) is 2.44. The van der Waals surface area contributed by atoms with E-state index in [1.54, 1.807) is 0 Å². The van der Waals surface area contributed by atoms with E-state index in [1.807, 2.05) is 0 Å². The highest BCUT2D eigenvalue weighted by Crippen LogP contribution is 2.09. The van der Waals surface area contributed by atoms with Crippen molar-refractivity contribution in [2.45, 2.75) is 39.2 Å². The first-order valence-corrected chi connectivity index (χ1v) is 6.13. The third-order valence-electron chi connectivity index (χ3n) is 3.11. The molecule has 1 saturated heterocycles. The highest BCUT2D eigenvalue weighted by atomic mass is 15.2. The van der Waals surface area contributed by atoms with Gasteiger partial charge in [-0.3, -0.25) is 0 Å². The van der Waals surface area contributed by atoms with E-state index in [2.05, 4.69) is 30.0 Å². The SMILES string of the molecule is C#CCCCN1CCCNC(C(C)C)C1. The summed E-state index contributed by atoms with van der Waals surface area (Å²) >= 11 is 0. The van der Waals surface area contributed by atoms with Crippen LogP contribution in [0.25, 0.3) is 0 Å². The molecule has 1 atom stereocenters. The molecule has 1 heterocycles. The molecule has 0 aromatic carbocycles. The van der Waals surface area contributed by atoms with Gasteiger partial charge in [-0.1, -0.05) is 13.8 Å². The summed E-state index contributed by atoms with van der Waals surface area (Å²) in [5, 5.41) is 3.62. The molecule has 0 aromatic heterocycles. The van der Waals surface area contributed by atoms with Gasteiger partial charge < -0.3 is 10.2 Å². The standard InChI is InChI=1S/C13H24N2/c1-4-5-6-9-15-10-7-8-14-13(11-15)12(2)3/h1,12-14H,5-11H2,2-3H3. The molecule has 86 valence electrons. The van der Waals surface area contributed by atoms with Crippen LogP contribution in [0.5, 0.6) is 0 Å². The van der Waals surface area contributed by atoms with E-state index in [9.17, 15) is 0 Å². The molecule has 15 heavy (non-hydrogen) atoms. The number of terminal acetylenes is 1. The first kappa shape index (κ1) is 12.5. The van der Waals surface area contributed by atoms with E-state index >= 15 is 0 Å². The van der Waals surface area contributed by atoms with Crippen molar-refractivity contribution in [2.24, 2.45) is 5.92 Å². The van der Waals surface area contributed by atoms with E-state index in [1.165, 1.54) is 19.5 Å². The molecule has 0 spiro atoms. The van der Waals surface area contributed by atoms with Gasteiger partial charge in [0.25, 0.3) is 0 Å². The van der Waals surface area contributed by atoms with E-state index in [4.69, 9.17) is 6.42 Å². The first-order chi connectivity index (χ1) is 7.24. The van der Waals surface area contributed by atoms with Crippen molar-refractivity contribution in [3.63, 3.8) is 0 Å². The van der Waals surface area contributed by atoms with Crippen LogP contribution in [0.4, 0.5) is 0 Å². The molecule has 0 aliphatic carbocycles. The molecule has 1 fully saturated rings. The maximum absolute atomic E-state index is 5.27. The van der Waals surface area contributed by atoms with Crippen LogP contribution < -0.4 is 5.32 Å². The highest BCUT2D eigenvalue weighted by molar-refractivity contribution is 4.84. The summed E-state index contributed by atoms with van der Waals surface area (Å²) in [5.41, 5.74) is 0. The van der Waals surface area contributed by atoms with Crippen molar-refractivity contribution in [3.8, 4) is 12.3 Å². The Morgan fingerprint density at radius 3 is 3.00 bits per heavy atom. The second-order valence-electron chi connectivity index (χ2n) is 4.77. The van der Waals surface area contributed by atoms with Crippen LogP contribution in [-0.4, -0.2) is 37.1 Å². The molecule has 1 unspecified atom stereocenters. The number of nitrogens with one attached hydrogen (secondary N) is 1. The summed E-state index contributed by atoms with van der Waals surface area (Å²) in [6.45, 7) is 9.32. The van der Waals surface area contributed by atoms with E-state index in [0.717, 1.165) is 31.8 Å². The Labute approximate surface area is 94.4 Å². The third kappa shape index (κ3) is 4.68. The Morgan fingerprint density at radius 1 is 1.53 bits per heavy atom. The van der Waals surface area contributed by atoms with Crippen LogP contribution in [-0.2, 0) is 0 Å². The predicted molar refractivity (Wildman–Crippen MR) is 65.8 cm³/mol. The van der Waals surface area contributed by atoms with Gasteiger partial charge in [0.2, 0.25) is 0 Å². The lowest BCUT2D eigenvalue weighted by Gasteiger charge is -2.26. The van der Waals surface area contributed by atoms with Gasteiger partial charge in [0.05, 0.1) is 0 Å². The molecule has 1 aliphatic heterocycles. The first-order valence-electron chi connectivity index (χ1n) is 6.13. The Balaban J connectivity index is 2.33. The van der Waals surface area contributed by atoms with Gasteiger partial charge in [0.15, 0.2) is 0 Å². The molecule has 0 aromatic rings. The van der Waals surface area contributed by atoms with Gasteiger partial charge in [0, 0.05) is 19.0 Å². The Morgan fingerprint density at radius 2 is 2.33 bits per heavy atom. The van der Waals surface area contributed by atoms with Crippen LogP contribution in [0.2, 0.25) is 0 Å². The lowest BCUT2D eigenvalue weighted by molar-refractivity contribution is 0.244. The maximum Gasteiger partial charge on any atom is 0.0217 e. The summed E-state index contributed by atoms with van der Waals surface area (Å²) in [4.78, 5) is 2.56. The molecular formula is C13H24N2. The average molecular weight is 208 g/mol. The molecule has 0 saturated carbocycles. The van der Waals surface area contributed by atoms with Gasteiger partial charge in [-0.05, 0) is 38.4 Å². The summed E-state index contributed by atoms with van der Waals surface area (Å²) in [5.74, 6) is 3.44. The van der Waals surface area contributed by atoms with Gasteiger partial charge in [-0.2, -0.15) is 0 Å². The van der Waals surface area contributed by atoms with Crippen molar-refractivity contribution < 1.29 is 0 Å². The van der Waals surface area contributed by atoms with Gasteiger partial charge in [-0.15, -0.1) is 12.3 Å². The highest BCUT2D eigenvalue weighted by Gasteiger charge is 2.19. The van der Waals surface area contributed by atoms with Gasteiger partial charge >= 0.3 is 0 Å². The molecule has 1 N–H and O–H groups in total. The predicted octanol–water partition coefficient (Wildman–Crippen LogP) is 1.72. The second-order valence-corrected chi connectivity index (χ2v) is 4.77. The van der Waals surface area contributed by atoms with Crippen molar-refractivity contribution in [3.05, 3.63) is 0 Å². The monoisotopic (exact) mass is 208 g/mol. The third-order valence-corrected chi connectivity index (χ3v) is 3.11. The summed E-state index contributed by atoms with van der Waals surface area (Å²) in [6, 6.07) is 0.651. The lowest BCUT2D eigenvalue weighted by atomic mass is 10.0.